The van der Waals surface area contributed by atoms with E-state index in [1.807, 2.05) is 32.0 Å². The Hall–Kier alpha value is -0.870. The van der Waals surface area contributed by atoms with Gasteiger partial charge in [-0.2, -0.15) is 0 Å². The summed E-state index contributed by atoms with van der Waals surface area (Å²) >= 11 is 3.46. The minimum Gasteiger partial charge on any atom is -0.463 e. The van der Waals surface area contributed by atoms with Crippen LogP contribution in [0.1, 0.15) is 31.9 Å². The molecule has 1 N–H and O–H groups in total. The number of hydrogen-bond acceptors (Lipinski definition) is 3. The summed E-state index contributed by atoms with van der Waals surface area (Å²) in [5, 5.41) is 3.38. The van der Waals surface area contributed by atoms with Crippen LogP contribution < -0.4 is 5.32 Å². The minimum absolute atomic E-state index is 0.0544. The standard InChI is InChI=1S/C14H18BrNO2/c1-9(2)18-14(17)12-6-7-16-13(12)10-4-3-5-11(15)8-10/h3-5,8-9,12-13,16H,6-7H2,1-2H3/t12-,13+/m1/s1. The van der Waals surface area contributed by atoms with E-state index in [1.54, 1.807) is 0 Å². The van der Waals surface area contributed by atoms with E-state index in [4.69, 9.17) is 4.74 Å². The van der Waals surface area contributed by atoms with Crippen molar-refractivity contribution in [2.75, 3.05) is 6.54 Å². The van der Waals surface area contributed by atoms with Gasteiger partial charge in [-0.3, -0.25) is 4.79 Å². The lowest BCUT2D eigenvalue weighted by Crippen LogP contribution is -2.27. The van der Waals surface area contributed by atoms with Crippen LogP contribution >= 0.6 is 15.9 Å². The Labute approximate surface area is 116 Å². The SMILES string of the molecule is CC(C)OC(=O)[C@@H]1CCN[C@H]1c1cccc(Br)c1. The van der Waals surface area contributed by atoms with Crippen LogP contribution in [0.25, 0.3) is 0 Å². The third kappa shape index (κ3) is 3.12. The average Bonchev–Trinajstić information content (AvgIpc) is 2.76. The van der Waals surface area contributed by atoms with Crippen LogP contribution in [0.3, 0.4) is 0 Å². The van der Waals surface area contributed by atoms with E-state index in [1.165, 1.54) is 0 Å². The van der Waals surface area contributed by atoms with Crippen molar-refractivity contribution >= 4 is 21.9 Å². The Balaban J connectivity index is 2.14. The molecule has 0 unspecified atom stereocenters. The third-order valence-corrected chi connectivity index (χ3v) is 3.58. The highest BCUT2D eigenvalue weighted by Crippen LogP contribution is 2.32. The van der Waals surface area contributed by atoms with E-state index < -0.39 is 0 Å². The predicted octanol–water partition coefficient (Wildman–Crippen LogP) is 3.05. The Bertz CT molecular complexity index is 434. The van der Waals surface area contributed by atoms with Gasteiger partial charge in [0.15, 0.2) is 0 Å². The average molecular weight is 312 g/mol. The zero-order valence-electron chi connectivity index (χ0n) is 10.7. The van der Waals surface area contributed by atoms with Gasteiger partial charge in [-0.15, -0.1) is 0 Å². The molecule has 0 spiro atoms. The van der Waals surface area contributed by atoms with Crippen molar-refractivity contribution in [2.24, 2.45) is 5.92 Å². The van der Waals surface area contributed by atoms with Crippen LogP contribution in [0, 0.1) is 5.92 Å². The lowest BCUT2D eigenvalue weighted by molar-refractivity contribution is -0.152. The normalized spacial score (nSPS) is 23.3. The summed E-state index contributed by atoms with van der Waals surface area (Å²) in [6.07, 6.45) is 0.782. The van der Waals surface area contributed by atoms with Gasteiger partial charge in [-0.05, 0) is 44.5 Å². The summed E-state index contributed by atoms with van der Waals surface area (Å²) in [5.74, 6) is -0.179. The second-order valence-electron chi connectivity index (χ2n) is 4.87. The van der Waals surface area contributed by atoms with Gasteiger partial charge in [0.05, 0.1) is 12.0 Å². The quantitative estimate of drug-likeness (QED) is 0.872. The summed E-state index contributed by atoms with van der Waals surface area (Å²) in [5.41, 5.74) is 1.13. The molecule has 2 atom stereocenters. The predicted molar refractivity (Wildman–Crippen MR) is 74.2 cm³/mol. The zero-order valence-corrected chi connectivity index (χ0v) is 12.2. The van der Waals surface area contributed by atoms with Crippen molar-refractivity contribution < 1.29 is 9.53 Å². The molecule has 2 rings (SSSR count). The highest BCUT2D eigenvalue weighted by Gasteiger charge is 2.35. The fraction of sp³-hybridized carbons (Fsp3) is 0.500. The molecule has 0 aromatic heterocycles. The van der Waals surface area contributed by atoms with Crippen LogP contribution in [-0.2, 0) is 9.53 Å². The number of ether oxygens (including phenoxy) is 1. The van der Waals surface area contributed by atoms with E-state index in [9.17, 15) is 4.79 Å². The molecule has 0 saturated carbocycles. The van der Waals surface area contributed by atoms with Crippen molar-refractivity contribution in [3.8, 4) is 0 Å². The van der Waals surface area contributed by atoms with Gasteiger partial charge in [0.25, 0.3) is 0 Å². The second-order valence-corrected chi connectivity index (χ2v) is 5.78. The van der Waals surface area contributed by atoms with Crippen molar-refractivity contribution in [3.05, 3.63) is 34.3 Å². The lowest BCUT2D eigenvalue weighted by atomic mass is 9.94. The molecule has 1 aromatic rings. The Morgan fingerprint density at radius 3 is 2.94 bits per heavy atom. The summed E-state index contributed by atoms with van der Waals surface area (Å²) in [6, 6.07) is 8.14. The van der Waals surface area contributed by atoms with Crippen LogP contribution in [0.5, 0.6) is 0 Å². The maximum absolute atomic E-state index is 12.1. The molecule has 1 aliphatic heterocycles. The molecule has 1 aliphatic rings. The number of carbonyl (C=O) groups excluding carboxylic acids is 1. The maximum Gasteiger partial charge on any atom is 0.311 e. The van der Waals surface area contributed by atoms with Gasteiger partial charge in [-0.1, -0.05) is 28.1 Å². The first-order valence-corrected chi connectivity index (χ1v) is 7.06. The van der Waals surface area contributed by atoms with E-state index in [0.29, 0.717) is 0 Å². The van der Waals surface area contributed by atoms with Crippen molar-refractivity contribution in [2.45, 2.75) is 32.4 Å². The Morgan fingerprint density at radius 1 is 1.50 bits per heavy atom. The smallest absolute Gasteiger partial charge is 0.311 e. The molecule has 1 aromatic carbocycles. The molecule has 18 heavy (non-hydrogen) atoms. The zero-order chi connectivity index (χ0) is 13.1. The van der Waals surface area contributed by atoms with Gasteiger partial charge >= 0.3 is 5.97 Å². The molecule has 1 heterocycles. The van der Waals surface area contributed by atoms with Crippen molar-refractivity contribution in [1.82, 2.24) is 5.32 Å². The molecule has 1 saturated heterocycles. The van der Waals surface area contributed by atoms with Crippen molar-refractivity contribution in [1.29, 1.82) is 0 Å². The number of halogens is 1. The van der Waals surface area contributed by atoms with Crippen LogP contribution in [0.15, 0.2) is 28.7 Å². The summed E-state index contributed by atoms with van der Waals surface area (Å²) in [6.45, 7) is 4.62. The molecular weight excluding hydrogens is 294 g/mol. The molecular formula is C14H18BrNO2. The lowest BCUT2D eigenvalue weighted by Gasteiger charge is -2.20. The fourth-order valence-electron chi connectivity index (χ4n) is 2.33. The minimum atomic E-state index is -0.0972. The first-order chi connectivity index (χ1) is 8.58. The molecule has 3 nitrogen and oxygen atoms in total. The monoisotopic (exact) mass is 311 g/mol. The van der Waals surface area contributed by atoms with Gasteiger partial charge in [0.1, 0.15) is 0 Å². The molecule has 0 amide bonds. The number of esters is 1. The van der Waals surface area contributed by atoms with Crippen LogP contribution in [0.4, 0.5) is 0 Å². The number of nitrogens with one attached hydrogen (secondary N) is 1. The number of rotatable bonds is 3. The van der Waals surface area contributed by atoms with Gasteiger partial charge in [-0.25, -0.2) is 0 Å². The van der Waals surface area contributed by atoms with Gasteiger partial charge in [0, 0.05) is 10.5 Å². The van der Waals surface area contributed by atoms with Gasteiger partial charge in [0.2, 0.25) is 0 Å². The second kappa shape index (κ2) is 5.85. The molecule has 0 bridgehead atoms. The molecule has 98 valence electrons. The molecule has 4 heteroatoms. The van der Waals surface area contributed by atoms with Gasteiger partial charge < -0.3 is 10.1 Å². The highest BCUT2D eigenvalue weighted by atomic mass is 79.9. The molecule has 1 fully saturated rings. The summed E-state index contributed by atoms with van der Waals surface area (Å²) < 4.78 is 6.36. The summed E-state index contributed by atoms with van der Waals surface area (Å²) in [7, 11) is 0. The van der Waals surface area contributed by atoms with E-state index in [-0.39, 0.29) is 24.0 Å². The third-order valence-electron chi connectivity index (χ3n) is 3.08. The van der Waals surface area contributed by atoms with Crippen LogP contribution in [0.2, 0.25) is 0 Å². The topological polar surface area (TPSA) is 38.3 Å². The number of hydrogen-bond donors (Lipinski definition) is 1. The first kappa shape index (κ1) is 13.6. The van der Waals surface area contributed by atoms with Crippen molar-refractivity contribution in [3.63, 3.8) is 0 Å². The summed E-state index contributed by atoms with van der Waals surface area (Å²) in [4.78, 5) is 12.1. The number of carbonyl (C=O) groups is 1. The van der Waals surface area contributed by atoms with E-state index in [0.717, 1.165) is 23.0 Å². The largest absolute Gasteiger partial charge is 0.463 e. The Kier molecular flexibility index (Phi) is 4.40. The first-order valence-electron chi connectivity index (χ1n) is 6.27. The van der Waals surface area contributed by atoms with Crippen LogP contribution in [-0.4, -0.2) is 18.6 Å². The van der Waals surface area contributed by atoms with E-state index in [2.05, 4.69) is 27.3 Å². The number of benzene rings is 1. The highest BCUT2D eigenvalue weighted by molar-refractivity contribution is 9.10. The fourth-order valence-corrected chi connectivity index (χ4v) is 2.74. The molecule has 0 radical (unpaired) electrons. The maximum atomic E-state index is 12.1. The van der Waals surface area contributed by atoms with E-state index >= 15 is 0 Å². The Morgan fingerprint density at radius 2 is 2.28 bits per heavy atom. The molecule has 0 aliphatic carbocycles.